The van der Waals surface area contributed by atoms with Crippen LogP contribution in [-0.4, -0.2) is 16.7 Å². The van der Waals surface area contributed by atoms with E-state index in [9.17, 15) is 14.7 Å². The zero-order valence-electron chi connectivity index (χ0n) is 16.6. The number of fused-ring (bicyclic) bond motifs is 5. The Morgan fingerprint density at radius 2 is 1.69 bits per heavy atom. The number of ketones is 2. The number of hydrogen-bond donors (Lipinski definition) is 1. The Morgan fingerprint density at radius 1 is 0.966 bits per heavy atom. The van der Waals surface area contributed by atoms with Crippen molar-refractivity contribution in [3.63, 3.8) is 0 Å². The van der Waals surface area contributed by atoms with Gasteiger partial charge in [0.25, 0.3) is 0 Å². The Balaban J connectivity index is 1.82. The molecule has 0 radical (unpaired) electrons. The minimum atomic E-state index is -0.204. The van der Waals surface area contributed by atoms with Crippen LogP contribution in [0, 0.1) is 11.8 Å². The minimum Gasteiger partial charge on any atom is -0.512 e. The van der Waals surface area contributed by atoms with Gasteiger partial charge < -0.3 is 5.11 Å². The van der Waals surface area contributed by atoms with Crippen LogP contribution >= 0.6 is 11.6 Å². The molecular weight excluding hydrogens is 384 g/mol. The number of benzene rings is 2. The molecule has 0 heterocycles. The largest absolute Gasteiger partial charge is 0.512 e. The predicted molar refractivity (Wildman–Crippen MR) is 116 cm³/mol. The molecule has 5 rings (SSSR count). The first-order chi connectivity index (χ1) is 14.0. The molecule has 2 bridgehead atoms. The zero-order chi connectivity index (χ0) is 20.5. The molecule has 3 aliphatic rings. The second-order valence-electron chi connectivity index (χ2n) is 8.20. The van der Waals surface area contributed by atoms with Crippen LogP contribution in [-0.2, 0) is 16.0 Å². The van der Waals surface area contributed by atoms with Gasteiger partial charge in [0.05, 0.1) is 5.57 Å². The van der Waals surface area contributed by atoms with E-state index in [1.54, 1.807) is 0 Å². The Bertz CT molecular complexity index is 988. The van der Waals surface area contributed by atoms with Gasteiger partial charge in [-0.05, 0) is 65.6 Å². The van der Waals surface area contributed by atoms with Crippen molar-refractivity contribution in [1.82, 2.24) is 0 Å². The van der Waals surface area contributed by atoms with E-state index in [1.165, 1.54) is 0 Å². The Kier molecular flexibility index (Phi) is 5.60. The average Bonchev–Trinajstić information content (AvgIpc) is 2.78. The Hall–Kier alpha value is -2.39. The van der Waals surface area contributed by atoms with E-state index in [1.807, 2.05) is 49.4 Å². The summed E-state index contributed by atoms with van der Waals surface area (Å²) in [6, 6.07) is 13.6. The first kappa shape index (κ1) is 19.9. The fourth-order valence-electron chi connectivity index (χ4n) is 4.65. The first-order valence-electron chi connectivity index (χ1n) is 10.3. The summed E-state index contributed by atoms with van der Waals surface area (Å²) in [5.41, 5.74) is 4.20. The van der Waals surface area contributed by atoms with Gasteiger partial charge in [-0.25, -0.2) is 0 Å². The van der Waals surface area contributed by atoms with Gasteiger partial charge in [-0.3, -0.25) is 9.59 Å². The molecule has 2 aromatic carbocycles. The molecule has 0 aliphatic heterocycles. The van der Waals surface area contributed by atoms with E-state index in [0.717, 1.165) is 41.5 Å². The number of carbonyl (C=O) groups excluding carboxylic acids is 2. The molecule has 2 aromatic rings. The molecule has 1 saturated carbocycles. The standard InChI is InChI=1S/C25H25ClO3/c1-2-16-5-6-18(17-7-9-20(26)10-8-17)13-21(16)25-23(28)12-15-3-4-19(14-24(25)29)22(27)11-15/h5-10,13,15,19,28H,2-4,11-12,14H2,1H3/b25-23+/t15-,19-/m1/s1. The molecule has 29 heavy (non-hydrogen) atoms. The van der Waals surface area contributed by atoms with Gasteiger partial charge in [-0.15, -0.1) is 0 Å². The topological polar surface area (TPSA) is 54.4 Å². The summed E-state index contributed by atoms with van der Waals surface area (Å²) >= 11 is 6.02. The maximum atomic E-state index is 13.2. The smallest absolute Gasteiger partial charge is 0.167 e. The van der Waals surface area contributed by atoms with E-state index in [2.05, 4.69) is 0 Å². The Morgan fingerprint density at radius 3 is 2.38 bits per heavy atom. The van der Waals surface area contributed by atoms with Crippen LogP contribution in [0.1, 0.15) is 50.2 Å². The van der Waals surface area contributed by atoms with Gasteiger partial charge in [0.2, 0.25) is 0 Å². The number of halogens is 1. The SMILES string of the molecule is CCc1ccc(-c2ccc(Cl)cc2)cc1/C1=C(\O)C[C@@H]2CC[C@H](CC1=O)C(=O)C2. The quantitative estimate of drug-likeness (QED) is 0.659. The highest BCUT2D eigenvalue weighted by Crippen LogP contribution is 2.39. The summed E-state index contributed by atoms with van der Waals surface area (Å²) in [4.78, 5) is 25.6. The lowest BCUT2D eigenvalue weighted by Gasteiger charge is -2.25. The van der Waals surface area contributed by atoms with Gasteiger partial charge in [0.15, 0.2) is 5.78 Å². The molecule has 1 fully saturated rings. The number of Topliss-reactive ketones (excluding diaryl/α,β-unsaturated/α-hetero) is 2. The minimum absolute atomic E-state index is 0.119. The van der Waals surface area contributed by atoms with Crippen molar-refractivity contribution in [2.45, 2.75) is 45.4 Å². The number of hydrogen-bond acceptors (Lipinski definition) is 3. The van der Waals surface area contributed by atoms with Crippen LogP contribution in [0.3, 0.4) is 0 Å². The zero-order valence-corrected chi connectivity index (χ0v) is 17.3. The second kappa shape index (κ2) is 8.16. The highest BCUT2D eigenvalue weighted by molar-refractivity contribution is 6.30. The van der Waals surface area contributed by atoms with Crippen LogP contribution in [0.2, 0.25) is 5.02 Å². The summed E-state index contributed by atoms with van der Waals surface area (Å²) in [6.45, 7) is 2.05. The van der Waals surface area contributed by atoms with Crippen molar-refractivity contribution in [3.05, 3.63) is 64.4 Å². The number of aryl methyl sites for hydroxylation is 1. The van der Waals surface area contributed by atoms with Crippen LogP contribution in [0.5, 0.6) is 0 Å². The molecule has 150 valence electrons. The normalized spacial score (nSPS) is 24.9. The second-order valence-corrected chi connectivity index (χ2v) is 8.63. The summed E-state index contributed by atoms with van der Waals surface area (Å²) < 4.78 is 0. The third-order valence-electron chi connectivity index (χ3n) is 6.29. The van der Waals surface area contributed by atoms with E-state index in [4.69, 9.17) is 11.6 Å². The van der Waals surface area contributed by atoms with Crippen molar-refractivity contribution >= 4 is 28.7 Å². The maximum Gasteiger partial charge on any atom is 0.167 e. The molecule has 3 aliphatic carbocycles. The van der Waals surface area contributed by atoms with E-state index < -0.39 is 0 Å². The fraction of sp³-hybridized carbons (Fsp3) is 0.360. The highest BCUT2D eigenvalue weighted by atomic mass is 35.5. The van der Waals surface area contributed by atoms with Gasteiger partial charge >= 0.3 is 0 Å². The summed E-state index contributed by atoms with van der Waals surface area (Å²) in [6.07, 6.45) is 3.47. The molecule has 0 amide bonds. The van der Waals surface area contributed by atoms with Crippen molar-refractivity contribution in [2.75, 3.05) is 0 Å². The van der Waals surface area contributed by atoms with Crippen LogP contribution < -0.4 is 0 Å². The monoisotopic (exact) mass is 408 g/mol. The molecule has 3 nitrogen and oxygen atoms in total. The molecule has 2 atom stereocenters. The van der Waals surface area contributed by atoms with Gasteiger partial charge in [0.1, 0.15) is 11.5 Å². The summed E-state index contributed by atoms with van der Waals surface area (Å²) in [5, 5.41) is 11.6. The number of aliphatic hydroxyl groups excluding tert-OH is 1. The lowest BCUT2D eigenvalue weighted by molar-refractivity contribution is -0.128. The van der Waals surface area contributed by atoms with Crippen molar-refractivity contribution in [1.29, 1.82) is 0 Å². The van der Waals surface area contributed by atoms with E-state index >= 15 is 0 Å². The van der Waals surface area contributed by atoms with Crippen LogP contribution in [0.4, 0.5) is 0 Å². The number of rotatable bonds is 3. The number of carbonyl (C=O) groups is 2. The molecule has 0 unspecified atom stereocenters. The van der Waals surface area contributed by atoms with Crippen LogP contribution in [0.25, 0.3) is 16.7 Å². The van der Waals surface area contributed by atoms with Gasteiger partial charge in [-0.2, -0.15) is 0 Å². The van der Waals surface area contributed by atoms with Crippen LogP contribution in [0.15, 0.2) is 48.2 Å². The molecular formula is C25H25ClO3. The summed E-state index contributed by atoms with van der Waals surface area (Å²) in [5.74, 6) is 0.118. The predicted octanol–water partition coefficient (Wildman–Crippen LogP) is 6.19. The molecule has 1 N–H and O–H groups in total. The van der Waals surface area contributed by atoms with E-state index in [0.29, 0.717) is 23.4 Å². The lowest BCUT2D eigenvalue weighted by atomic mass is 9.78. The number of allylic oxidation sites excluding steroid dienone is 2. The van der Waals surface area contributed by atoms with Crippen molar-refractivity contribution in [3.8, 4) is 11.1 Å². The van der Waals surface area contributed by atoms with Crippen molar-refractivity contribution in [2.24, 2.45) is 11.8 Å². The molecule has 0 saturated heterocycles. The molecule has 0 aromatic heterocycles. The highest BCUT2D eigenvalue weighted by Gasteiger charge is 2.35. The van der Waals surface area contributed by atoms with E-state index in [-0.39, 0.29) is 35.6 Å². The lowest BCUT2D eigenvalue weighted by Crippen LogP contribution is -2.25. The number of aliphatic hydroxyl groups is 1. The van der Waals surface area contributed by atoms with Gasteiger partial charge in [0, 0.05) is 30.2 Å². The Labute approximate surface area is 176 Å². The molecule has 4 heteroatoms. The average molecular weight is 409 g/mol. The third kappa shape index (κ3) is 4.02. The fourth-order valence-corrected chi connectivity index (χ4v) is 4.77. The third-order valence-corrected chi connectivity index (χ3v) is 6.54. The maximum absolute atomic E-state index is 13.2. The van der Waals surface area contributed by atoms with Gasteiger partial charge in [-0.1, -0.05) is 42.8 Å². The summed E-state index contributed by atoms with van der Waals surface area (Å²) in [7, 11) is 0. The van der Waals surface area contributed by atoms with Crippen molar-refractivity contribution < 1.29 is 14.7 Å². The first-order valence-corrected chi connectivity index (χ1v) is 10.7. The molecule has 0 spiro atoms.